The van der Waals surface area contributed by atoms with Gasteiger partial charge in [-0.2, -0.15) is 0 Å². The van der Waals surface area contributed by atoms with Gasteiger partial charge in [0.15, 0.2) is 0 Å². The van der Waals surface area contributed by atoms with Gasteiger partial charge in [0.25, 0.3) is 5.91 Å². The molecule has 0 spiro atoms. The Hall–Kier alpha value is -2.15. The lowest BCUT2D eigenvalue weighted by Gasteiger charge is -2.24. The van der Waals surface area contributed by atoms with Crippen molar-refractivity contribution in [2.45, 2.75) is 31.2 Å². The van der Waals surface area contributed by atoms with E-state index in [1.807, 2.05) is 0 Å². The number of hydrogen-bond acceptors (Lipinski definition) is 5. The summed E-state index contributed by atoms with van der Waals surface area (Å²) in [5.74, 6) is -1.41. The number of carbonyl (C=O) groups is 2. The SMILES string of the molecule is O=C(NC1(C(=O)O)CCCC1)c1csc(-c2ccoc2)n1. The Morgan fingerprint density at radius 2 is 2.14 bits per heavy atom. The van der Waals surface area contributed by atoms with Crippen molar-refractivity contribution in [2.75, 3.05) is 0 Å². The molecule has 1 fully saturated rings. The molecular formula is C14H14N2O4S. The fourth-order valence-electron chi connectivity index (χ4n) is 2.55. The van der Waals surface area contributed by atoms with Crippen molar-refractivity contribution in [2.24, 2.45) is 0 Å². The molecule has 3 rings (SSSR count). The van der Waals surface area contributed by atoms with Gasteiger partial charge in [-0.1, -0.05) is 12.8 Å². The van der Waals surface area contributed by atoms with E-state index < -0.39 is 17.4 Å². The van der Waals surface area contributed by atoms with Crippen LogP contribution in [0.2, 0.25) is 0 Å². The predicted molar refractivity (Wildman–Crippen MR) is 76.1 cm³/mol. The molecule has 7 heteroatoms. The molecule has 0 saturated heterocycles. The second-order valence-corrected chi connectivity index (χ2v) is 5.96. The number of aliphatic carboxylic acids is 1. The molecule has 0 aliphatic heterocycles. The smallest absolute Gasteiger partial charge is 0.329 e. The standard InChI is InChI=1S/C14H14N2O4S/c17-11(16-14(13(18)19)4-1-2-5-14)10-8-21-12(15-10)9-3-6-20-7-9/h3,6-8H,1-2,4-5H2,(H,16,17)(H,18,19). The van der Waals surface area contributed by atoms with Gasteiger partial charge in [0.1, 0.15) is 22.5 Å². The van der Waals surface area contributed by atoms with Crippen LogP contribution in [0.3, 0.4) is 0 Å². The van der Waals surface area contributed by atoms with E-state index in [1.54, 1.807) is 17.7 Å². The van der Waals surface area contributed by atoms with Crippen LogP contribution in [0, 0.1) is 0 Å². The first-order chi connectivity index (χ1) is 10.1. The van der Waals surface area contributed by atoms with E-state index in [4.69, 9.17) is 4.42 Å². The third kappa shape index (κ3) is 2.56. The van der Waals surface area contributed by atoms with Crippen LogP contribution < -0.4 is 5.32 Å². The van der Waals surface area contributed by atoms with Gasteiger partial charge in [-0.15, -0.1) is 11.3 Å². The molecule has 0 aromatic carbocycles. The topological polar surface area (TPSA) is 92.4 Å². The van der Waals surface area contributed by atoms with E-state index in [-0.39, 0.29) is 5.69 Å². The number of carbonyl (C=O) groups excluding carboxylic acids is 1. The van der Waals surface area contributed by atoms with Crippen LogP contribution in [-0.2, 0) is 4.79 Å². The predicted octanol–water partition coefficient (Wildman–Crippen LogP) is 2.53. The normalized spacial score (nSPS) is 16.8. The average molecular weight is 306 g/mol. The van der Waals surface area contributed by atoms with Crippen molar-refractivity contribution in [3.8, 4) is 10.6 Å². The van der Waals surface area contributed by atoms with Crippen LogP contribution in [0.15, 0.2) is 28.4 Å². The van der Waals surface area contributed by atoms with Crippen LogP contribution in [0.4, 0.5) is 0 Å². The van der Waals surface area contributed by atoms with Crippen molar-refractivity contribution in [3.63, 3.8) is 0 Å². The maximum absolute atomic E-state index is 12.2. The molecule has 0 atom stereocenters. The fraction of sp³-hybridized carbons (Fsp3) is 0.357. The maximum atomic E-state index is 12.2. The molecule has 2 N–H and O–H groups in total. The molecule has 2 heterocycles. The van der Waals surface area contributed by atoms with Crippen molar-refractivity contribution in [1.82, 2.24) is 10.3 Å². The number of amides is 1. The number of hydrogen-bond donors (Lipinski definition) is 2. The molecular weight excluding hydrogens is 292 g/mol. The highest BCUT2D eigenvalue weighted by Crippen LogP contribution is 2.31. The first-order valence-electron chi connectivity index (χ1n) is 6.65. The zero-order valence-corrected chi connectivity index (χ0v) is 12.0. The van der Waals surface area contributed by atoms with Crippen LogP contribution in [-0.4, -0.2) is 27.5 Å². The van der Waals surface area contributed by atoms with E-state index in [9.17, 15) is 14.7 Å². The Kier molecular flexibility index (Phi) is 3.50. The number of thiazole rings is 1. The summed E-state index contributed by atoms with van der Waals surface area (Å²) in [5, 5.41) is 14.3. The minimum absolute atomic E-state index is 0.240. The summed E-state index contributed by atoms with van der Waals surface area (Å²) in [4.78, 5) is 27.9. The third-order valence-corrected chi connectivity index (χ3v) is 4.62. The number of carboxylic acid groups (broad SMARTS) is 1. The van der Waals surface area contributed by atoms with Crippen molar-refractivity contribution >= 4 is 23.2 Å². The third-order valence-electron chi connectivity index (χ3n) is 3.72. The minimum Gasteiger partial charge on any atom is -0.480 e. The molecule has 6 nitrogen and oxygen atoms in total. The molecule has 2 aromatic rings. The van der Waals surface area contributed by atoms with Gasteiger partial charge in [-0.05, 0) is 18.9 Å². The lowest BCUT2D eigenvalue weighted by molar-refractivity contribution is -0.144. The number of nitrogens with one attached hydrogen (secondary N) is 1. The Bertz CT molecular complexity index is 656. The number of aromatic nitrogens is 1. The van der Waals surface area contributed by atoms with Crippen molar-refractivity contribution < 1.29 is 19.1 Å². The number of rotatable bonds is 4. The summed E-state index contributed by atoms with van der Waals surface area (Å²) >= 11 is 1.32. The Balaban J connectivity index is 1.78. The van der Waals surface area contributed by atoms with Gasteiger partial charge < -0.3 is 14.8 Å². The lowest BCUT2D eigenvalue weighted by Crippen LogP contribution is -2.52. The van der Waals surface area contributed by atoms with E-state index in [0.29, 0.717) is 17.8 Å². The van der Waals surface area contributed by atoms with Crippen LogP contribution in [0.25, 0.3) is 10.6 Å². The molecule has 2 aromatic heterocycles. The number of furan rings is 1. The van der Waals surface area contributed by atoms with E-state index in [0.717, 1.165) is 18.4 Å². The largest absolute Gasteiger partial charge is 0.480 e. The van der Waals surface area contributed by atoms with Gasteiger partial charge in [0.2, 0.25) is 0 Å². The first-order valence-corrected chi connectivity index (χ1v) is 7.53. The summed E-state index contributed by atoms with van der Waals surface area (Å²) in [6, 6.07) is 1.76. The van der Waals surface area contributed by atoms with Gasteiger partial charge >= 0.3 is 5.97 Å². The molecule has 1 saturated carbocycles. The van der Waals surface area contributed by atoms with Crippen molar-refractivity contribution in [1.29, 1.82) is 0 Å². The second-order valence-electron chi connectivity index (χ2n) is 5.10. The zero-order chi connectivity index (χ0) is 14.9. The quantitative estimate of drug-likeness (QED) is 0.905. The van der Waals surface area contributed by atoms with Gasteiger partial charge in [0.05, 0.1) is 6.26 Å². The molecule has 21 heavy (non-hydrogen) atoms. The minimum atomic E-state index is -1.14. The lowest BCUT2D eigenvalue weighted by atomic mass is 9.98. The Morgan fingerprint density at radius 3 is 2.76 bits per heavy atom. The average Bonchev–Trinajstić information content (AvgIpc) is 3.20. The van der Waals surface area contributed by atoms with Crippen LogP contribution in [0.1, 0.15) is 36.2 Å². The van der Waals surface area contributed by atoms with Gasteiger partial charge in [-0.3, -0.25) is 4.79 Å². The Labute approximate surface area is 124 Å². The summed E-state index contributed by atoms with van der Waals surface area (Å²) in [5.41, 5.74) is -0.104. The van der Waals surface area contributed by atoms with E-state index in [2.05, 4.69) is 10.3 Å². The second kappa shape index (κ2) is 5.33. The summed E-state index contributed by atoms with van der Waals surface area (Å²) in [7, 11) is 0. The zero-order valence-electron chi connectivity index (χ0n) is 11.2. The maximum Gasteiger partial charge on any atom is 0.329 e. The van der Waals surface area contributed by atoms with Gasteiger partial charge in [-0.25, -0.2) is 9.78 Å². The molecule has 1 amide bonds. The Morgan fingerprint density at radius 1 is 1.38 bits per heavy atom. The van der Waals surface area contributed by atoms with E-state index in [1.165, 1.54) is 17.6 Å². The molecule has 110 valence electrons. The highest BCUT2D eigenvalue weighted by molar-refractivity contribution is 7.13. The molecule has 0 radical (unpaired) electrons. The summed E-state index contributed by atoms with van der Waals surface area (Å²) < 4.78 is 4.98. The first kappa shape index (κ1) is 13.8. The van der Waals surface area contributed by atoms with Crippen LogP contribution in [0.5, 0.6) is 0 Å². The van der Waals surface area contributed by atoms with Crippen LogP contribution >= 0.6 is 11.3 Å². The molecule has 1 aliphatic rings. The van der Waals surface area contributed by atoms with E-state index >= 15 is 0 Å². The highest BCUT2D eigenvalue weighted by Gasteiger charge is 2.43. The monoisotopic (exact) mass is 306 g/mol. The van der Waals surface area contributed by atoms with Crippen molar-refractivity contribution in [3.05, 3.63) is 29.7 Å². The molecule has 0 unspecified atom stereocenters. The van der Waals surface area contributed by atoms with Gasteiger partial charge in [0, 0.05) is 10.9 Å². The number of carboxylic acids is 1. The summed E-state index contributed by atoms with van der Waals surface area (Å²) in [6.45, 7) is 0. The molecule has 1 aliphatic carbocycles. The number of nitrogens with zero attached hydrogens (tertiary/aromatic N) is 1. The molecule has 0 bridgehead atoms. The summed E-state index contributed by atoms with van der Waals surface area (Å²) in [6.07, 6.45) is 5.64. The highest BCUT2D eigenvalue weighted by atomic mass is 32.1. The fourth-order valence-corrected chi connectivity index (χ4v) is 3.34.